The van der Waals surface area contributed by atoms with E-state index < -0.39 is 0 Å². The van der Waals surface area contributed by atoms with Crippen molar-refractivity contribution in [2.75, 3.05) is 64.1 Å². The van der Waals surface area contributed by atoms with E-state index >= 15 is 0 Å². The lowest BCUT2D eigenvalue weighted by Gasteiger charge is -2.44. The molecule has 0 amide bonds. The first-order valence-corrected chi connectivity index (χ1v) is 9.73. The maximum Gasteiger partial charge on any atom is 0.225 e. The Bertz CT molecular complexity index is 537. The normalized spacial score (nSPS) is 29.7. The van der Waals surface area contributed by atoms with Gasteiger partial charge in [0.15, 0.2) is 0 Å². The molecule has 0 aliphatic carbocycles. The molecule has 0 unspecified atom stereocenters. The third kappa shape index (κ3) is 4.30. The van der Waals surface area contributed by atoms with E-state index in [9.17, 15) is 0 Å². The summed E-state index contributed by atoms with van der Waals surface area (Å²) >= 11 is 0. The zero-order chi connectivity index (χ0) is 17.0. The van der Waals surface area contributed by atoms with Crippen LogP contribution in [0.25, 0.3) is 0 Å². The van der Waals surface area contributed by atoms with Crippen LogP contribution in [0.4, 0.5) is 5.95 Å². The van der Waals surface area contributed by atoms with E-state index in [4.69, 9.17) is 9.47 Å². The van der Waals surface area contributed by atoms with Crippen LogP contribution in [0.1, 0.15) is 25.7 Å². The van der Waals surface area contributed by atoms with Crippen molar-refractivity contribution in [3.63, 3.8) is 0 Å². The Morgan fingerprint density at radius 1 is 1.04 bits per heavy atom. The van der Waals surface area contributed by atoms with E-state index in [-0.39, 0.29) is 5.41 Å². The molecule has 0 saturated carbocycles. The highest BCUT2D eigenvalue weighted by Crippen LogP contribution is 2.34. The Balaban J connectivity index is 1.43. The molecular weight excluding hydrogens is 316 g/mol. The number of nitrogens with zero attached hydrogens (tertiary/aromatic N) is 4. The van der Waals surface area contributed by atoms with Gasteiger partial charge in [0.1, 0.15) is 0 Å². The van der Waals surface area contributed by atoms with Crippen LogP contribution in [-0.2, 0) is 9.47 Å². The van der Waals surface area contributed by atoms with Crippen LogP contribution in [0, 0.1) is 11.3 Å². The molecule has 25 heavy (non-hydrogen) atoms. The molecule has 1 aromatic heterocycles. The molecule has 3 aliphatic rings. The molecule has 3 fully saturated rings. The molecule has 6 heteroatoms. The van der Waals surface area contributed by atoms with Gasteiger partial charge in [-0.25, -0.2) is 9.97 Å². The van der Waals surface area contributed by atoms with Crippen LogP contribution in [0.2, 0.25) is 0 Å². The van der Waals surface area contributed by atoms with E-state index in [2.05, 4.69) is 19.8 Å². The Kier molecular flexibility index (Phi) is 5.48. The second-order valence-corrected chi connectivity index (χ2v) is 7.92. The van der Waals surface area contributed by atoms with Crippen molar-refractivity contribution in [3.8, 4) is 0 Å². The van der Waals surface area contributed by atoms with Crippen molar-refractivity contribution in [3.05, 3.63) is 18.5 Å². The second kappa shape index (κ2) is 7.98. The monoisotopic (exact) mass is 346 g/mol. The van der Waals surface area contributed by atoms with Crippen LogP contribution < -0.4 is 4.90 Å². The summed E-state index contributed by atoms with van der Waals surface area (Å²) in [6, 6.07) is 1.88. The molecule has 138 valence electrons. The van der Waals surface area contributed by atoms with E-state index in [0.29, 0.717) is 0 Å². The summed E-state index contributed by atoms with van der Waals surface area (Å²) in [7, 11) is 0. The fraction of sp³-hybridized carbons (Fsp3) is 0.789. The predicted molar refractivity (Wildman–Crippen MR) is 96.7 cm³/mol. The number of piperidine rings is 1. The molecule has 3 aliphatic heterocycles. The standard InChI is InChI=1S/C19H30N4O2/c1-5-19(14-22(8-1)13-17-3-10-24-11-4-17)15-23(9-12-25-16-19)18-20-6-2-7-21-18/h2,6-7,17H,1,3-5,8-16H2/t19-/m0/s1. The highest BCUT2D eigenvalue weighted by Gasteiger charge is 2.39. The summed E-state index contributed by atoms with van der Waals surface area (Å²) in [4.78, 5) is 13.9. The molecule has 6 nitrogen and oxygen atoms in total. The number of aromatic nitrogens is 2. The Morgan fingerprint density at radius 3 is 2.72 bits per heavy atom. The van der Waals surface area contributed by atoms with Gasteiger partial charge >= 0.3 is 0 Å². The van der Waals surface area contributed by atoms with Crippen molar-refractivity contribution in [2.45, 2.75) is 25.7 Å². The van der Waals surface area contributed by atoms with E-state index in [1.165, 1.54) is 38.8 Å². The van der Waals surface area contributed by atoms with Crippen molar-refractivity contribution in [1.29, 1.82) is 0 Å². The van der Waals surface area contributed by atoms with E-state index in [0.717, 1.165) is 57.9 Å². The minimum absolute atomic E-state index is 0.207. The molecule has 0 radical (unpaired) electrons. The lowest BCUT2D eigenvalue weighted by molar-refractivity contribution is -0.00281. The molecular formula is C19H30N4O2. The fourth-order valence-corrected chi connectivity index (χ4v) is 4.63. The summed E-state index contributed by atoms with van der Waals surface area (Å²) in [6.45, 7) is 8.95. The van der Waals surface area contributed by atoms with Gasteiger partial charge in [-0.15, -0.1) is 0 Å². The lowest BCUT2D eigenvalue weighted by atomic mass is 9.79. The van der Waals surface area contributed by atoms with Crippen molar-refractivity contribution >= 4 is 5.95 Å². The minimum atomic E-state index is 0.207. The van der Waals surface area contributed by atoms with Gasteiger partial charge < -0.3 is 19.3 Å². The van der Waals surface area contributed by atoms with Crippen LogP contribution in [0.15, 0.2) is 18.5 Å². The number of anilines is 1. The van der Waals surface area contributed by atoms with Gasteiger partial charge in [-0.1, -0.05) is 0 Å². The largest absolute Gasteiger partial charge is 0.381 e. The predicted octanol–water partition coefficient (Wildman–Crippen LogP) is 1.82. The third-order valence-corrected chi connectivity index (χ3v) is 5.87. The maximum absolute atomic E-state index is 6.03. The zero-order valence-corrected chi connectivity index (χ0v) is 15.1. The first kappa shape index (κ1) is 17.2. The number of ether oxygens (including phenoxy) is 2. The molecule has 1 atom stereocenters. The first-order chi connectivity index (χ1) is 12.3. The Labute approximate surface area is 150 Å². The highest BCUT2D eigenvalue weighted by atomic mass is 16.5. The summed E-state index contributed by atoms with van der Waals surface area (Å²) in [5.74, 6) is 1.64. The molecule has 0 aromatic carbocycles. The van der Waals surface area contributed by atoms with Gasteiger partial charge in [0.2, 0.25) is 5.95 Å². The summed E-state index contributed by atoms with van der Waals surface area (Å²) in [5.41, 5.74) is 0.207. The highest BCUT2D eigenvalue weighted by molar-refractivity contribution is 5.29. The number of hydrogen-bond donors (Lipinski definition) is 0. The van der Waals surface area contributed by atoms with Gasteiger partial charge in [-0.3, -0.25) is 0 Å². The summed E-state index contributed by atoms with van der Waals surface area (Å²) in [5, 5.41) is 0. The topological polar surface area (TPSA) is 50.7 Å². The third-order valence-electron chi connectivity index (χ3n) is 5.87. The van der Waals surface area contributed by atoms with Gasteiger partial charge in [-0.2, -0.15) is 0 Å². The van der Waals surface area contributed by atoms with Crippen molar-refractivity contribution in [1.82, 2.24) is 14.9 Å². The van der Waals surface area contributed by atoms with Gasteiger partial charge in [0, 0.05) is 57.2 Å². The van der Waals surface area contributed by atoms with Crippen LogP contribution in [-0.4, -0.2) is 74.0 Å². The number of hydrogen-bond acceptors (Lipinski definition) is 6. The quantitative estimate of drug-likeness (QED) is 0.832. The van der Waals surface area contributed by atoms with Crippen LogP contribution in [0.5, 0.6) is 0 Å². The minimum Gasteiger partial charge on any atom is -0.381 e. The molecule has 1 spiro atoms. The average Bonchev–Trinajstić information content (AvgIpc) is 2.86. The smallest absolute Gasteiger partial charge is 0.225 e. The summed E-state index contributed by atoms with van der Waals surface area (Å²) < 4.78 is 11.6. The number of rotatable bonds is 3. The van der Waals surface area contributed by atoms with Gasteiger partial charge in [0.25, 0.3) is 0 Å². The SMILES string of the molecule is c1cnc(N2CCOC[C@]3(CCCN(CC4CCOCC4)C3)C2)nc1. The van der Waals surface area contributed by atoms with E-state index in [1.54, 1.807) is 0 Å². The van der Waals surface area contributed by atoms with Crippen molar-refractivity contribution < 1.29 is 9.47 Å². The molecule has 0 N–H and O–H groups in total. The Hall–Kier alpha value is -1.24. The molecule has 0 bridgehead atoms. The molecule has 4 rings (SSSR count). The average molecular weight is 346 g/mol. The van der Waals surface area contributed by atoms with Gasteiger partial charge in [-0.05, 0) is 44.2 Å². The summed E-state index contributed by atoms with van der Waals surface area (Å²) in [6.07, 6.45) is 8.59. The maximum atomic E-state index is 6.03. The Morgan fingerprint density at radius 2 is 1.88 bits per heavy atom. The van der Waals surface area contributed by atoms with Crippen molar-refractivity contribution in [2.24, 2.45) is 11.3 Å². The zero-order valence-electron chi connectivity index (χ0n) is 15.1. The second-order valence-electron chi connectivity index (χ2n) is 7.92. The van der Waals surface area contributed by atoms with Gasteiger partial charge in [0.05, 0.1) is 13.2 Å². The number of likely N-dealkylation sites (tertiary alicyclic amines) is 1. The molecule has 1 aromatic rings. The fourth-order valence-electron chi connectivity index (χ4n) is 4.63. The lowest BCUT2D eigenvalue weighted by Crippen LogP contribution is -2.52. The van der Waals surface area contributed by atoms with E-state index in [1.807, 2.05) is 18.5 Å². The first-order valence-electron chi connectivity index (χ1n) is 9.73. The van der Waals surface area contributed by atoms with Crippen LogP contribution >= 0.6 is 0 Å². The molecule has 4 heterocycles. The van der Waals surface area contributed by atoms with Crippen LogP contribution in [0.3, 0.4) is 0 Å². The molecule has 3 saturated heterocycles.